The minimum Gasteiger partial charge on any atom is -0.381 e. The van der Waals surface area contributed by atoms with E-state index in [1.54, 1.807) is 11.3 Å². The molecule has 1 aromatic rings. The van der Waals surface area contributed by atoms with Gasteiger partial charge in [0.2, 0.25) is 0 Å². The second-order valence-electron chi connectivity index (χ2n) is 7.84. The maximum absolute atomic E-state index is 12.6. The van der Waals surface area contributed by atoms with Gasteiger partial charge in [0.1, 0.15) is 5.60 Å². The van der Waals surface area contributed by atoms with Crippen LogP contribution >= 0.6 is 11.3 Å². The van der Waals surface area contributed by atoms with Gasteiger partial charge in [0.25, 0.3) is 5.91 Å². The molecule has 1 atom stereocenters. The fraction of sp³-hybridized carbons (Fsp3) is 0.750. The molecule has 6 heteroatoms. The summed E-state index contributed by atoms with van der Waals surface area (Å²) in [7, 11) is 0. The Morgan fingerprint density at radius 2 is 2.23 bits per heavy atom. The SMILES string of the molecule is CCCN1CCC2(CC1)OCCc1cc(C(=O)NCC3CCOC3)sc12. The monoisotopic (exact) mass is 378 g/mol. The lowest BCUT2D eigenvalue weighted by Crippen LogP contribution is -2.46. The van der Waals surface area contributed by atoms with E-state index < -0.39 is 0 Å². The third-order valence-corrected chi connectivity index (χ3v) is 7.34. The lowest BCUT2D eigenvalue weighted by atomic mass is 9.85. The van der Waals surface area contributed by atoms with E-state index in [1.807, 2.05) is 0 Å². The van der Waals surface area contributed by atoms with Crippen LogP contribution in [0.3, 0.4) is 0 Å². The van der Waals surface area contributed by atoms with Crippen molar-refractivity contribution in [1.29, 1.82) is 0 Å². The predicted molar refractivity (Wildman–Crippen MR) is 103 cm³/mol. The molecule has 1 spiro atoms. The van der Waals surface area contributed by atoms with Crippen molar-refractivity contribution in [1.82, 2.24) is 10.2 Å². The van der Waals surface area contributed by atoms with Crippen LogP contribution in [0.4, 0.5) is 0 Å². The van der Waals surface area contributed by atoms with Crippen LogP contribution in [0.1, 0.15) is 52.7 Å². The van der Waals surface area contributed by atoms with Crippen LogP contribution in [-0.4, -0.2) is 56.8 Å². The van der Waals surface area contributed by atoms with Crippen molar-refractivity contribution in [2.45, 2.75) is 44.6 Å². The molecule has 26 heavy (non-hydrogen) atoms. The molecule has 2 fully saturated rings. The second-order valence-corrected chi connectivity index (χ2v) is 8.89. The number of carbonyl (C=O) groups is 1. The lowest BCUT2D eigenvalue weighted by Gasteiger charge is -2.43. The van der Waals surface area contributed by atoms with E-state index in [1.165, 1.54) is 23.4 Å². The normalized spacial score (nSPS) is 25.3. The standard InChI is InChI=1S/C20H30N2O3S/c1-2-7-22-8-5-20(6-9-22)18-16(4-11-25-20)12-17(26-18)19(23)21-13-15-3-10-24-14-15/h12,15H,2-11,13-14H2,1H3,(H,21,23). The summed E-state index contributed by atoms with van der Waals surface area (Å²) < 4.78 is 11.7. The summed E-state index contributed by atoms with van der Waals surface area (Å²) in [6.45, 7) is 8.68. The highest BCUT2D eigenvalue weighted by Gasteiger charge is 2.42. The van der Waals surface area contributed by atoms with Crippen molar-refractivity contribution in [2.24, 2.45) is 5.92 Å². The fourth-order valence-corrected chi connectivity index (χ4v) is 5.75. The number of amides is 1. The Labute approximate surface area is 160 Å². The van der Waals surface area contributed by atoms with Gasteiger partial charge in [-0.25, -0.2) is 0 Å². The summed E-state index contributed by atoms with van der Waals surface area (Å²) in [6.07, 6.45) is 5.26. The number of likely N-dealkylation sites (tertiary alicyclic amines) is 1. The molecule has 4 heterocycles. The van der Waals surface area contributed by atoms with Gasteiger partial charge in [-0.1, -0.05) is 6.92 Å². The van der Waals surface area contributed by atoms with Crippen LogP contribution in [0.2, 0.25) is 0 Å². The molecule has 5 nitrogen and oxygen atoms in total. The van der Waals surface area contributed by atoms with E-state index in [4.69, 9.17) is 9.47 Å². The summed E-state index contributed by atoms with van der Waals surface area (Å²) in [5.41, 5.74) is 1.18. The Balaban J connectivity index is 1.44. The summed E-state index contributed by atoms with van der Waals surface area (Å²) in [5, 5.41) is 3.11. The number of carbonyl (C=O) groups excluding carboxylic acids is 1. The molecule has 144 valence electrons. The zero-order chi connectivity index (χ0) is 18.0. The highest BCUT2D eigenvalue weighted by atomic mass is 32.1. The van der Waals surface area contributed by atoms with Crippen molar-refractivity contribution in [3.63, 3.8) is 0 Å². The number of thiophene rings is 1. The van der Waals surface area contributed by atoms with E-state index in [2.05, 4.69) is 23.2 Å². The van der Waals surface area contributed by atoms with Crippen LogP contribution in [-0.2, 0) is 21.5 Å². The maximum Gasteiger partial charge on any atom is 0.261 e. The molecule has 3 aliphatic rings. The molecule has 1 unspecified atom stereocenters. The number of nitrogens with one attached hydrogen (secondary N) is 1. The average Bonchev–Trinajstić information content (AvgIpc) is 3.32. The van der Waals surface area contributed by atoms with E-state index in [-0.39, 0.29) is 11.5 Å². The molecule has 0 saturated carbocycles. The van der Waals surface area contributed by atoms with Gasteiger partial charge < -0.3 is 19.7 Å². The van der Waals surface area contributed by atoms with E-state index in [0.29, 0.717) is 5.92 Å². The summed E-state index contributed by atoms with van der Waals surface area (Å²) in [6, 6.07) is 2.11. The average molecular weight is 379 g/mol. The zero-order valence-corrected chi connectivity index (χ0v) is 16.5. The Morgan fingerprint density at radius 1 is 1.38 bits per heavy atom. The van der Waals surface area contributed by atoms with Gasteiger partial charge in [-0.05, 0) is 50.3 Å². The predicted octanol–water partition coefficient (Wildman–Crippen LogP) is 2.79. The first-order valence-electron chi connectivity index (χ1n) is 10.1. The van der Waals surface area contributed by atoms with Crippen LogP contribution in [0.25, 0.3) is 0 Å². The van der Waals surface area contributed by atoms with E-state index in [0.717, 1.165) is 70.0 Å². The molecule has 1 aromatic heterocycles. The fourth-order valence-electron chi connectivity index (χ4n) is 4.43. The first-order valence-corrected chi connectivity index (χ1v) is 10.9. The largest absolute Gasteiger partial charge is 0.381 e. The molecule has 1 N–H and O–H groups in total. The number of hydrogen-bond acceptors (Lipinski definition) is 5. The molecule has 0 aromatic carbocycles. The van der Waals surface area contributed by atoms with Gasteiger partial charge in [0.05, 0.1) is 18.1 Å². The molecular formula is C20H30N2O3S. The molecule has 0 aliphatic carbocycles. The van der Waals surface area contributed by atoms with Gasteiger partial charge in [0.15, 0.2) is 0 Å². The van der Waals surface area contributed by atoms with Crippen molar-refractivity contribution in [3.05, 3.63) is 21.4 Å². The van der Waals surface area contributed by atoms with Crippen molar-refractivity contribution >= 4 is 17.2 Å². The van der Waals surface area contributed by atoms with Crippen molar-refractivity contribution < 1.29 is 14.3 Å². The number of hydrogen-bond donors (Lipinski definition) is 1. The molecule has 3 aliphatic heterocycles. The third kappa shape index (κ3) is 3.70. The Hall–Kier alpha value is -0.950. The first kappa shape index (κ1) is 18.4. The molecule has 0 radical (unpaired) electrons. The van der Waals surface area contributed by atoms with E-state index >= 15 is 0 Å². The van der Waals surface area contributed by atoms with Crippen LogP contribution in [0, 0.1) is 5.92 Å². The van der Waals surface area contributed by atoms with Gasteiger partial charge in [-0.3, -0.25) is 4.79 Å². The zero-order valence-electron chi connectivity index (χ0n) is 15.7. The summed E-state index contributed by atoms with van der Waals surface area (Å²) in [4.78, 5) is 17.3. The van der Waals surface area contributed by atoms with Crippen LogP contribution in [0.5, 0.6) is 0 Å². The van der Waals surface area contributed by atoms with Gasteiger partial charge in [-0.15, -0.1) is 11.3 Å². The van der Waals surface area contributed by atoms with Crippen molar-refractivity contribution in [3.8, 4) is 0 Å². The molecular weight excluding hydrogens is 348 g/mol. The third-order valence-electron chi connectivity index (χ3n) is 5.98. The van der Waals surface area contributed by atoms with Crippen LogP contribution < -0.4 is 5.32 Å². The van der Waals surface area contributed by atoms with E-state index in [9.17, 15) is 4.79 Å². The highest BCUT2D eigenvalue weighted by Crippen LogP contribution is 2.45. The first-order chi connectivity index (χ1) is 12.7. The second kappa shape index (κ2) is 7.97. The number of rotatable bonds is 5. The molecule has 1 amide bonds. The molecule has 0 bridgehead atoms. The van der Waals surface area contributed by atoms with Gasteiger partial charge >= 0.3 is 0 Å². The van der Waals surface area contributed by atoms with Crippen molar-refractivity contribution in [2.75, 3.05) is 46.0 Å². The molecule has 2 saturated heterocycles. The number of piperidine rings is 1. The Kier molecular flexibility index (Phi) is 5.64. The molecule has 4 rings (SSSR count). The van der Waals surface area contributed by atoms with Gasteiger partial charge in [0, 0.05) is 37.0 Å². The topological polar surface area (TPSA) is 50.8 Å². The smallest absolute Gasteiger partial charge is 0.261 e. The summed E-state index contributed by atoms with van der Waals surface area (Å²) >= 11 is 1.66. The number of ether oxygens (including phenoxy) is 2. The maximum atomic E-state index is 12.6. The quantitative estimate of drug-likeness (QED) is 0.856. The Bertz CT molecular complexity index is 631. The minimum absolute atomic E-state index is 0.0647. The number of fused-ring (bicyclic) bond motifs is 2. The van der Waals surface area contributed by atoms with Gasteiger partial charge in [-0.2, -0.15) is 0 Å². The summed E-state index contributed by atoms with van der Waals surface area (Å²) in [5.74, 6) is 0.529. The lowest BCUT2D eigenvalue weighted by molar-refractivity contribution is -0.0949. The Morgan fingerprint density at radius 3 is 2.96 bits per heavy atom. The van der Waals surface area contributed by atoms with Crippen LogP contribution in [0.15, 0.2) is 6.07 Å². The minimum atomic E-state index is -0.152. The highest BCUT2D eigenvalue weighted by molar-refractivity contribution is 7.14. The number of nitrogens with zero attached hydrogens (tertiary/aromatic N) is 1.